The summed E-state index contributed by atoms with van der Waals surface area (Å²) in [6, 6.07) is 14.6. The number of hydrogen-bond acceptors (Lipinski definition) is 4. The van der Waals surface area contributed by atoms with E-state index < -0.39 is 11.8 Å². The van der Waals surface area contributed by atoms with Crippen LogP contribution in [0.15, 0.2) is 54.6 Å². The largest absolute Gasteiger partial charge is 0.493 e. The van der Waals surface area contributed by atoms with Crippen LogP contribution in [0.25, 0.3) is 0 Å². The summed E-state index contributed by atoms with van der Waals surface area (Å²) in [5.41, 5.74) is 3.30. The number of methoxy groups -OCH3 is 1. The molecule has 0 spiro atoms. The number of aromatic carboxylic acids is 1. The summed E-state index contributed by atoms with van der Waals surface area (Å²) in [4.78, 5) is 11.2. The summed E-state index contributed by atoms with van der Waals surface area (Å²) < 4.78 is 24.7. The molecule has 0 fully saturated rings. The molecular formula is C23H21ClFNO4. The lowest BCUT2D eigenvalue weighted by atomic mass is 10.1. The van der Waals surface area contributed by atoms with Crippen LogP contribution < -0.4 is 14.8 Å². The number of carbonyl (C=O) groups is 1. The first kappa shape index (κ1) is 21.5. The summed E-state index contributed by atoms with van der Waals surface area (Å²) >= 11 is 6.10. The van der Waals surface area contributed by atoms with Crippen molar-refractivity contribution in [2.24, 2.45) is 0 Å². The maximum atomic E-state index is 13.3. The van der Waals surface area contributed by atoms with Gasteiger partial charge >= 0.3 is 5.97 Å². The SMILES string of the molecule is COc1cccc(CNc2cc(C(=O)O)ccc2C)c1OCc1ccc(F)cc1Cl. The van der Waals surface area contributed by atoms with Gasteiger partial charge in [0.15, 0.2) is 11.5 Å². The van der Waals surface area contributed by atoms with Crippen LogP contribution in [0.2, 0.25) is 5.02 Å². The molecule has 0 saturated carbocycles. The smallest absolute Gasteiger partial charge is 0.335 e. The highest BCUT2D eigenvalue weighted by Gasteiger charge is 2.13. The number of aryl methyl sites for hydroxylation is 1. The Morgan fingerprint density at radius 1 is 1.13 bits per heavy atom. The van der Waals surface area contributed by atoms with Crippen LogP contribution in [0.3, 0.4) is 0 Å². The van der Waals surface area contributed by atoms with Gasteiger partial charge in [-0.25, -0.2) is 9.18 Å². The van der Waals surface area contributed by atoms with Crippen LogP contribution in [-0.2, 0) is 13.2 Å². The molecular weight excluding hydrogens is 409 g/mol. The van der Waals surface area contributed by atoms with Gasteiger partial charge in [0.25, 0.3) is 0 Å². The molecule has 0 radical (unpaired) electrons. The van der Waals surface area contributed by atoms with Crippen molar-refractivity contribution in [1.82, 2.24) is 0 Å². The van der Waals surface area contributed by atoms with Gasteiger partial charge in [-0.05, 0) is 42.8 Å². The molecule has 0 amide bonds. The summed E-state index contributed by atoms with van der Waals surface area (Å²) in [7, 11) is 1.55. The lowest BCUT2D eigenvalue weighted by molar-refractivity contribution is 0.0697. The van der Waals surface area contributed by atoms with E-state index in [1.54, 1.807) is 37.4 Å². The summed E-state index contributed by atoms with van der Waals surface area (Å²) in [5.74, 6) is -0.326. The average molecular weight is 430 g/mol. The molecule has 7 heteroatoms. The quantitative estimate of drug-likeness (QED) is 0.481. The number of nitrogens with one attached hydrogen (secondary N) is 1. The van der Waals surface area contributed by atoms with E-state index in [1.807, 2.05) is 19.1 Å². The highest BCUT2D eigenvalue weighted by atomic mass is 35.5. The summed E-state index contributed by atoms with van der Waals surface area (Å²) in [6.07, 6.45) is 0. The normalized spacial score (nSPS) is 10.5. The Labute approximate surface area is 179 Å². The van der Waals surface area contributed by atoms with E-state index in [-0.39, 0.29) is 17.2 Å². The van der Waals surface area contributed by atoms with E-state index in [0.29, 0.717) is 29.3 Å². The fourth-order valence-electron chi connectivity index (χ4n) is 2.95. The van der Waals surface area contributed by atoms with Gasteiger partial charge in [-0.15, -0.1) is 0 Å². The second-order valence-corrected chi connectivity index (χ2v) is 7.07. The molecule has 5 nitrogen and oxygen atoms in total. The first-order valence-electron chi connectivity index (χ1n) is 9.19. The number of para-hydroxylation sites is 1. The first-order chi connectivity index (χ1) is 14.4. The van der Waals surface area contributed by atoms with Crippen LogP contribution in [0, 0.1) is 12.7 Å². The number of hydrogen-bond donors (Lipinski definition) is 2. The van der Waals surface area contributed by atoms with E-state index in [1.165, 1.54) is 12.1 Å². The number of carboxylic acids is 1. The molecule has 3 aromatic rings. The van der Waals surface area contributed by atoms with E-state index in [0.717, 1.165) is 11.1 Å². The van der Waals surface area contributed by atoms with Gasteiger partial charge in [-0.3, -0.25) is 0 Å². The Morgan fingerprint density at radius 3 is 2.63 bits per heavy atom. The Morgan fingerprint density at radius 2 is 1.93 bits per heavy atom. The molecule has 0 aliphatic heterocycles. The molecule has 30 heavy (non-hydrogen) atoms. The third-order valence-corrected chi connectivity index (χ3v) is 4.97. The predicted octanol–water partition coefficient (Wildman–Crippen LogP) is 5.69. The zero-order valence-electron chi connectivity index (χ0n) is 16.5. The molecule has 0 aliphatic carbocycles. The van der Waals surface area contributed by atoms with Crippen molar-refractivity contribution >= 4 is 23.3 Å². The third-order valence-electron chi connectivity index (χ3n) is 4.62. The minimum atomic E-state index is -0.986. The minimum absolute atomic E-state index is 0.139. The number of benzene rings is 3. The molecule has 0 heterocycles. The van der Waals surface area contributed by atoms with Crippen LogP contribution in [0.4, 0.5) is 10.1 Å². The Kier molecular flexibility index (Phi) is 6.79. The molecule has 3 rings (SSSR count). The van der Waals surface area contributed by atoms with Crippen LogP contribution in [0.1, 0.15) is 27.0 Å². The standard InChI is InChI=1S/C23H21ClFNO4/c1-14-6-7-15(23(27)28)10-20(14)26-12-16-4-3-5-21(29-2)22(16)30-13-17-8-9-18(25)11-19(17)24/h3-11,26H,12-13H2,1-2H3,(H,27,28). The molecule has 2 N–H and O–H groups in total. The van der Waals surface area contributed by atoms with Gasteiger partial charge in [-0.1, -0.05) is 35.9 Å². The summed E-state index contributed by atoms with van der Waals surface area (Å²) in [5, 5.41) is 12.8. The lowest BCUT2D eigenvalue weighted by Gasteiger charge is -2.17. The van der Waals surface area contributed by atoms with Crippen molar-refractivity contribution in [2.75, 3.05) is 12.4 Å². The van der Waals surface area contributed by atoms with Crippen molar-refractivity contribution in [3.63, 3.8) is 0 Å². The van der Waals surface area contributed by atoms with Crippen molar-refractivity contribution in [3.8, 4) is 11.5 Å². The van der Waals surface area contributed by atoms with E-state index in [2.05, 4.69) is 5.32 Å². The molecule has 0 unspecified atom stereocenters. The molecule has 156 valence electrons. The maximum absolute atomic E-state index is 13.3. The molecule has 0 saturated heterocycles. The zero-order chi connectivity index (χ0) is 21.7. The number of halogens is 2. The van der Waals surface area contributed by atoms with Crippen molar-refractivity contribution in [3.05, 3.63) is 87.7 Å². The molecule has 3 aromatic carbocycles. The Hall–Kier alpha value is -3.25. The van der Waals surface area contributed by atoms with E-state index in [9.17, 15) is 14.3 Å². The van der Waals surface area contributed by atoms with Crippen molar-refractivity contribution in [1.29, 1.82) is 0 Å². The van der Waals surface area contributed by atoms with Crippen LogP contribution >= 0.6 is 11.6 Å². The molecule has 0 aromatic heterocycles. The number of ether oxygens (including phenoxy) is 2. The maximum Gasteiger partial charge on any atom is 0.335 e. The predicted molar refractivity (Wildman–Crippen MR) is 114 cm³/mol. The monoisotopic (exact) mass is 429 g/mol. The van der Waals surface area contributed by atoms with E-state index >= 15 is 0 Å². The fourth-order valence-corrected chi connectivity index (χ4v) is 3.17. The van der Waals surface area contributed by atoms with E-state index in [4.69, 9.17) is 21.1 Å². The van der Waals surface area contributed by atoms with Gasteiger partial charge in [-0.2, -0.15) is 0 Å². The molecule has 0 aliphatic rings. The zero-order valence-corrected chi connectivity index (χ0v) is 17.3. The number of rotatable bonds is 8. The van der Waals surface area contributed by atoms with Crippen molar-refractivity contribution in [2.45, 2.75) is 20.1 Å². The number of carboxylic acid groups (broad SMARTS) is 1. The van der Waals surface area contributed by atoms with Crippen LogP contribution in [-0.4, -0.2) is 18.2 Å². The third kappa shape index (κ3) is 5.02. The van der Waals surface area contributed by atoms with Crippen molar-refractivity contribution < 1.29 is 23.8 Å². The molecule has 0 atom stereocenters. The van der Waals surface area contributed by atoms with Gasteiger partial charge in [0.2, 0.25) is 0 Å². The Bertz CT molecular complexity index is 1070. The second-order valence-electron chi connectivity index (χ2n) is 6.66. The topological polar surface area (TPSA) is 67.8 Å². The Balaban J connectivity index is 1.82. The van der Waals surface area contributed by atoms with Gasteiger partial charge in [0, 0.05) is 23.4 Å². The fraction of sp³-hybridized carbons (Fsp3) is 0.174. The molecule has 0 bridgehead atoms. The van der Waals surface area contributed by atoms with Crippen LogP contribution in [0.5, 0.6) is 11.5 Å². The highest BCUT2D eigenvalue weighted by molar-refractivity contribution is 6.31. The average Bonchev–Trinajstić information content (AvgIpc) is 2.72. The number of anilines is 1. The minimum Gasteiger partial charge on any atom is -0.493 e. The second kappa shape index (κ2) is 9.50. The summed E-state index contributed by atoms with van der Waals surface area (Å²) in [6.45, 7) is 2.42. The van der Waals surface area contributed by atoms with Gasteiger partial charge in [0.05, 0.1) is 17.7 Å². The first-order valence-corrected chi connectivity index (χ1v) is 9.57. The van der Waals surface area contributed by atoms with Gasteiger partial charge < -0.3 is 19.9 Å². The lowest BCUT2D eigenvalue weighted by Crippen LogP contribution is -2.07. The highest BCUT2D eigenvalue weighted by Crippen LogP contribution is 2.33. The van der Waals surface area contributed by atoms with Gasteiger partial charge in [0.1, 0.15) is 12.4 Å².